The molecule has 0 bridgehead atoms. The fourth-order valence-electron chi connectivity index (χ4n) is 1.06. The molecule has 0 spiro atoms. The van der Waals surface area contributed by atoms with E-state index in [1.807, 2.05) is 27.7 Å². The number of hydrogen-bond acceptors (Lipinski definition) is 5. The first-order valence-corrected chi connectivity index (χ1v) is 9.71. The highest BCUT2D eigenvalue weighted by atomic mass is 32.5. The van der Waals surface area contributed by atoms with Crippen molar-refractivity contribution in [3.05, 3.63) is 0 Å². The van der Waals surface area contributed by atoms with Crippen molar-refractivity contribution in [2.45, 2.75) is 27.7 Å². The molecule has 4 nitrogen and oxygen atoms in total. The quantitative estimate of drug-likeness (QED) is 0.573. The van der Waals surface area contributed by atoms with Crippen LogP contribution in [-0.4, -0.2) is 32.3 Å². The summed E-state index contributed by atoms with van der Waals surface area (Å²) in [5, 5.41) is 0. The Bertz CT molecular complexity index is 200. The number of rotatable bonds is 10. The van der Waals surface area contributed by atoms with Crippen LogP contribution in [-0.2, 0) is 29.9 Å². The van der Waals surface area contributed by atoms with Crippen LogP contribution in [0, 0.1) is 0 Å². The van der Waals surface area contributed by atoms with E-state index in [1.54, 1.807) is 0 Å². The minimum absolute atomic E-state index is 0.568. The van der Waals surface area contributed by atoms with Gasteiger partial charge in [-0.1, -0.05) is 0 Å². The molecule has 16 heavy (non-hydrogen) atoms. The molecule has 98 valence electrons. The molecule has 0 saturated carbocycles. The van der Waals surface area contributed by atoms with Gasteiger partial charge in [-0.05, 0) is 39.5 Å². The maximum atomic E-state index is 5.55. The van der Waals surface area contributed by atoms with Gasteiger partial charge in [-0.25, -0.2) is 0 Å². The first-order chi connectivity index (χ1) is 7.61. The summed E-state index contributed by atoms with van der Waals surface area (Å²) in [7, 11) is -0.977. The Morgan fingerprint density at radius 3 is 1.62 bits per heavy atom. The smallest absolute Gasteiger partial charge is 0.197 e. The largest absolute Gasteiger partial charge is 0.334 e. The standard InChI is InChI=1S/C9H22O4P2S/c1-5-10-14(11-6-2)9-15(16,12-7-3)13-8-4/h5-9H2,1-4H3. The molecule has 0 fully saturated rings. The van der Waals surface area contributed by atoms with E-state index >= 15 is 0 Å². The second kappa shape index (κ2) is 9.90. The van der Waals surface area contributed by atoms with Crippen LogP contribution in [0.2, 0.25) is 0 Å². The third-order valence-corrected chi connectivity index (χ3v) is 7.86. The lowest BCUT2D eigenvalue weighted by atomic mass is 10.9. The molecule has 0 N–H and O–H groups in total. The summed E-state index contributed by atoms with van der Waals surface area (Å²) in [6.07, 6.45) is 0. The van der Waals surface area contributed by atoms with Crippen molar-refractivity contribution in [3.63, 3.8) is 0 Å². The van der Waals surface area contributed by atoms with Gasteiger partial charge in [0, 0.05) is 0 Å². The van der Waals surface area contributed by atoms with Gasteiger partial charge in [-0.3, -0.25) is 0 Å². The average molecular weight is 288 g/mol. The normalized spacial score (nSPS) is 12.3. The lowest BCUT2D eigenvalue weighted by molar-refractivity contribution is 0.256. The Labute approximate surface area is 105 Å². The predicted molar refractivity (Wildman–Crippen MR) is 72.6 cm³/mol. The summed E-state index contributed by atoms with van der Waals surface area (Å²) in [4.78, 5) is 0. The van der Waals surface area contributed by atoms with E-state index in [1.165, 1.54) is 0 Å². The average Bonchev–Trinajstić information content (AvgIpc) is 2.18. The molecular formula is C9H22O4P2S. The van der Waals surface area contributed by atoms with Gasteiger partial charge in [0.25, 0.3) is 0 Å². The Kier molecular flexibility index (Phi) is 10.5. The van der Waals surface area contributed by atoms with Gasteiger partial charge in [-0.2, -0.15) is 0 Å². The molecule has 0 aliphatic carbocycles. The Morgan fingerprint density at radius 2 is 1.31 bits per heavy atom. The molecule has 0 amide bonds. The first kappa shape index (κ1) is 16.9. The van der Waals surface area contributed by atoms with Crippen molar-refractivity contribution in [3.8, 4) is 0 Å². The zero-order valence-electron chi connectivity index (χ0n) is 10.5. The monoisotopic (exact) mass is 288 g/mol. The van der Waals surface area contributed by atoms with Gasteiger partial charge in [0.05, 0.1) is 32.3 Å². The maximum absolute atomic E-state index is 5.55. The van der Waals surface area contributed by atoms with Gasteiger partial charge in [0.2, 0.25) is 0 Å². The summed E-state index contributed by atoms with van der Waals surface area (Å²) in [6, 6.07) is 0. The van der Waals surface area contributed by atoms with Crippen LogP contribution in [0.5, 0.6) is 0 Å². The van der Waals surface area contributed by atoms with Gasteiger partial charge in [-0.15, -0.1) is 0 Å². The fraction of sp³-hybridized carbons (Fsp3) is 1.00. The minimum atomic E-state index is -2.22. The predicted octanol–water partition coefficient (Wildman–Crippen LogP) is 3.71. The van der Waals surface area contributed by atoms with Crippen LogP contribution in [0.25, 0.3) is 0 Å². The van der Waals surface area contributed by atoms with Crippen molar-refractivity contribution < 1.29 is 18.1 Å². The van der Waals surface area contributed by atoms with E-state index in [2.05, 4.69) is 0 Å². The molecule has 0 aliphatic rings. The Morgan fingerprint density at radius 1 is 0.875 bits per heavy atom. The maximum Gasteiger partial charge on any atom is 0.197 e. The van der Waals surface area contributed by atoms with Crippen LogP contribution in [0.1, 0.15) is 27.7 Å². The topological polar surface area (TPSA) is 36.9 Å². The van der Waals surface area contributed by atoms with Crippen molar-refractivity contribution in [1.29, 1.82) is 0 Å². The lowest BCUT2D eigenvalue weighted by Gasteiger charge is -2.25. The molecule has 0 radical (unpaired) electrons. The van der Waals surface area contributed by atoms with Crippen LogP contribution < -0.4 is 0 Å². The summed E-state index contributed by atoms with van der Waals surface area (Å²) < 4.78 is 22.1. The van der Waals surface area contributed by atoms with Gasteiger partial charge in [0.1, 0.15) is 0 Å². The second-order valence-electron chi connectivity index (χ2n) is 2.76. The summed E-state index contributed by atoms with van der Waals surface area (Å²) in [6.45, 7) is 7.89. The SMILES string of the molecule is CCOP(CP(=S)(OCC)OCC)OCC. The molecule has 0 aromatic carbocycles. The van der Waals surface area contributed by atoms with E-state index in [0.29, 0.717) is 32.3 Å². The fourth-order valence-corrected chi connectivity index (χ4v) is 6.49. The molecule has 7 heteroatoms. The van der Waals surface area contributed by atoms with Gasteiger partial charge in [0.15, 0.2) is 14.9 Å². The van der Waals surface area contributed by atoms with Crippen molar-refractivity contribution in [2.24, 2.45) is 0 Å². The summed E-state index contributed by atoms with van der Waals surface area (Å²) >= 11 is 5.43. The zero-order valence-corrected chi connectivity index (χ0v) is 13.1. The van der Waals surface area contributed by atoms with Crippen LogP contribution in [0.4, 0.5) is 0 Å². The highest BCUT2D eigenvalue weighted by molar-refractivity contribution is 8.12. The molecule has 0 rings (SSSR count). The molecule has 0 atom stereocenters. The summed E-state index contributed by atoms with van der Waals surface area (Å²) in [5.74, 6) is 0.570. The zero-order chi connectivity index (χ0) is 12.4. The minimum Gasteiger partial charge on any atom is -0.334 e. The summed E-state index contributed by atoms with van der Waals surface area (Å²) in [5.41, 5.74) is 0. The van der Waals surface area contributed by atoms with Gasteiger partial charge >= 0.3 is 0 Å². The van der Waals surface area contributed by atoms with Crippen molar-refractivity contribution >= 4 is 26.7 Å². The van der Waals surface area contributed by atoms with Crippen LogP contribution in [0.3, 0.4) is 0 Å². The van der Waals surface area contributed by atoms with E-state index in [-0.39, 0.29) is 0 Å². The molecular weight excluding hydrogens is 266 g/mol. The van der Waals surface area contributed by atoms with Crippen LogP contribution in [0.15, 0.2) is 0 Å². The first-order valence-electron chi connectivity index (χ1n) is 5.53. The molecule has 0 aliphatic heterocycles. The molecule has 0 unspecified atom stereocenters. The molecule has 0 aromatic rings. The second-order valence-corrected chi connectivity index (χ2v) is 8.48. The highest BCUT2D eigenvalue weighted by Gasteiger charge is 2.25. The van der Waals surface area contributed by atoms with Crippen LogP contribution >= 0.6 is 14.9 Å². The lowest BCUT2D eigenvalue weighted by Crippen LogP contribution is -2.02. The molecule has 0 aromatic heterocycles. The third-order valence-electron chi connectivity index (χ3n) is 1.49. The van der Waals surface area contributed by atoms with E-state index < -0.39 is 14.9 Å². The van der Waals surface area contributed by atoms with E-state index in [9.17, 15) is 0 Å². The van der Waals surface area contributed by atoms with E-state index in [4.69, 9.17) is 29.9 Å². The Balaban J connectivity index is 4.36. The highest BCUT2D eigenvalue weighted by Crippen LogP contribution is 2.59. The van der Waals surface area contributed by atoms with Crippen molar-refractivity contribution in [2.75, 3.05) is 32.3 Å². The van der Waals surface area contributed by atoms with Crippen molar-refractivity contribution in [1.82, 2.24) is 0 Å². The number of hydrogen-bond donors (Lipinski definition) is 0. The molecule has 0 saturated heterocycles. The third kappa shape index (κ3) is 7.29. The van der Waals surface area contributed by atoms with E-state index in [0.717, 1.165) is 0 Å². The van der Waals surface area contributed by atoms with Gasteiger partial charge < -0.3 is 18.1 Å². The Hall–Kier alpha value is 0.920. The molecule has 0 heterocycles.